The summed E-state index contributed by atoms with van der Waals surface area (Å²) >= 11 is 2.85. The molecule has 1 unspecified atom stereocenters. The molecule has 2 heterocycles. The fourth-order valence-corrected chi connectivity index (χ4v) is 3.83. The fraction of sp³-hybridized carbons (Fsp3) is 0.538. The number of anilines is 2. The molecule has 9 heteroatoms. The van der Waals surface area contributed by atoms with Gasteiger partial charge in [0.15, 0.2) is 4.34 Å². The molecule has 0 aliphatic carbocycles. The summed E-state index contributed by atoms with van der Waals surface area (Å²) in [6, 6.07) is 0. The molecule has 0 saturated carbocycles. The molecule has 0 spiro atoms. The molecule has 0 fully saturated rings. The summed E-state index contributed by atoms with van der Waals surface area (Å²) in [7, 11) is 1.86. The van der Waals surface area contributed by atoms with E-state index in [0.717, 1.165) is 33.1 Å². The van der Waals surface area contributed by atoms with Gasteiger partial charge in [-0.15, -0.1) is 10.2 Å². The van der Waals surface area contributed by atoms with Gasteiger partial charge in [-0.2, -0.15) is 5.10 Å². The van der Waals surface area contributed by atoms with Gasteiger partial charge in [0.2, 0.25) is 11.0 Å². The van der Waals surface area contributed by atoms with Crippen LogP contribution in [0.2, 0.25) is 0 Å². The molecule has 0 aliphatic rings. The van der Waals surface area contributed by atoms with Crippen molar-refractivity contribution in [1.29, 1.82) is 0 Å². The van der Waals surface area contributed by atoms with E-state index in [0.29, 0.717) is 0 Å². The number of amides is 1. The number of nitrogens with zero attached hydrogens (tertiary/aromatic N) is 4. The van der Waals surface area contributed by atoms with E-state index in [2.05, 4.69) is 25.9 Å². The second-order valence-electron chi connectivity index (χ2n) is 4.82. The van der Waals surface area contributed by atoms with Crippen LogP contribution in [0.5, 0.6) is 0 Å². The third-order valence-corrected chi connectivity index (χ3v) is 5.20. The molecule has 7 nitrogen and oxygen atoms in total. The Hall–Kier alpha value is -1.61. The molecule has 0 aliphatic heterocycles. The first-order valence-corrected chi connectivity index (χ1v) is 8.67. The summed E-state index contributed by atoms with van der Waals surface area (Å²) in [5.74, 6) is -0.0654. The Morgan fingerprint density at radius 1 is 1.41 bits per heavy atom. The fourth-order valence-electron chi connectivity index (χ4n) is 1.86. The lowest BCUT2D eigenvalue weighted by molar-refractivity contribution is -0.115. The van der Waals surface area contributed by atoms with Crippen LogP contribution < -0.4 is 10.6 Å². The van der Waals surface area contributed by atoms with Gasteiger partial charge in [-0.3, -0.25) is 9.48 Å². The third kappa shape index (κ3) is 3.77. The van der Waals surface area contributed by atoms with Crippen LogP contribution in [0.25, 0.3) is 0 Å². The SMILES string of the molecule is CCNc1nnc(SC(C)C(=O)Nc2c(C)nn(C)c2C)s1. The zero-order chi connectivity index (χ0) is 16.3. The van der Waals surface area contributed by atoms with E-state index in [4.69, 9.17) is 0 Å². The van der Waals surface area contributed by atoms with Crippen molar-refractivity contribution in [3.8, 4) is 0 Å². The van der Waals surface area contributed by atoms with Crippen LogP contribution in [0.15, 0.2) is 4.34 Å². The molecule has 2 N–H and O–H groups in total. The number of aryl methyl sites for hydroxylation is 2. The van der Waals surface area contributed by atoms with Crippen molar-refractivity contribution < 1.29 is 4.79 Å². The van der Waals surface area contributed by atoms with Crippen LogP contribution in [0.1, 0.15) is 25.2 Å². The molecule has 2 aromatic rings. The number of hydrogen-bond acceptors (Lipinski definition) is 7. The number of carbonyl (C=O) groups excluding carboxylic acids is 1. The molecule has 0 saturated heterocycles. The van der Waals surface area contributed by atoms with Crippen LogP contribution >= 0.6 is 23.1 Å². The Balaban J connectivity index is 1.99. The highest BCUT2D eigenvalue weighted by atomic mass is 32.2. The van der Waals surface area contributed by atoms with E-state index >= 15 is 0 Å². The van der Waals surface area contributed by atoms with E-state index in [1.807, 2.05) is 34.7 Å². The van der Waals surface area contributed by atoms with Crippen molar-refractivity contribution >= 4 is 39.8 Å². The highest BCUT2D eigenvalue weighted by Gasteiger charge is 2.20. The molecular weight excluding hydrogens is 320 g/mol. The van der Waals surface area contributed by atoms with Crippen molar-refractivity contribution in [2.75, 3.05) is 17.2 Å². The molecule has 120 valence electrons. The zero-order valence-electron chi connectivity index (χ0n) is 13.3. The molecular formula is C13H20N6OS2. The van der Waals surface area contributed by atoms with Crippen molar-refractivity contribution in [2.24, 2.45) is 7.05 Å². The van der Waals surface area contributed by atoms with Crippen molar-refractivity contribution in [3.05, 3.63) is 11.4 Å². The lowest BCUT2D eigenvalue weighted by atomic mass is 10.3. The molecule has 22 heavy (non-hydrogen) atoms. The minimum atomic E-state index is -0.263. The number of hydrogen-bond donors (Lipinski definition) is 2. The zero-order valence-corrected chi connectivity index (χ0v) is 14.9. The van der Waals surface area contributed by atoms with Gasteiger partial charge in [0.25, 0.3) is 0 Å². The van der Waals surface area contributed by atoms with Gasteiger partial charge in [0.1, 0.15) is 0 Å². The van der Waals surface area contributed by atoms with Gasteiger partial charge in [-0.25, -0.2) is 0 Å². The third-order valence-electron chi connectivity index (χ3n) is 3.14. The van der Waals surface area contributed by atoms with Crippen molar-refractivity contribution in [1.82, 2.24) is 20.0 Å². The summed E-state index contributed by atoms with van der Waals surface area (Å²) in [4.78, 5) is 12.3. The lowest BCUT2D eigenvalue weighted by Crippen LogP contribution is -2.23. The van der Waals surface area contributed by atoms with E-state index in [1.54, 1.807) is 4.68 Å². The van der Waals surface area contributed by atoms with Gasteiger partial charge >= 0.3 is 0 Å². The summed E-state index contributed by atoms with van der Waals surface area (Å²) in [5, 5.41) is 19.0. The second-order valence-corrected chi connectivity index (χ2v) is 7.39. The molecule has 2 aromatic heterocycles. The Bertz CT molecular complexity index is 666. The molecule has 0 bridgehead atoms. The Labute approximate surface area is 137 Å². The van der Waals surface area contributed by atoms with Gasteiger partial charge in [-0.05, 0) is 27.7 Å². The van der Waals surface area contributed by atoms with Gasteiger partial charge in [-0.1, -0.05) is 23.1 Å². The minimum Gasteiger partial charge on any atom is -0.360 e. The smallest absolute Gasteiger partial charge is 0.237 e. The second kappa shape index (κ2) is 7.10. The monoisotopic (exact) mass is 340 g/mol. The largest absolute Gasteiger partial charge is 0.360 e. The molecule has 1 atom stereocenters. The normalized spacial score (nSPS) is 12.2. The number of thioether (sulfide) groups is 1. The van der Waals surface area contributed by atoms with E-state index in [1.165, 1.54) is 23.1 Å². The molecule has 0 radical (unpaired) electrons. The van der Waals surface area contributed by atoms with Crippen LogP contribution in [0.4, 0.5) is 10.8 Å². The maximum Gasteiger partial charge on any atom is 0.237 e. The summed E-state index contributed by atoms with van der Waals surface area (Å²) < 4.78 is 2.54. The Kier molecular flexibility index (Phi) is 5.41. The average molecular weight is 340 g/mol. The Morgan fingerprint density at radius 2 is 2.14 bits per heavy atom. The number of aromatic nitrogens is 4. The molecule has 1 amide bonds. The lowest BCUT2D eigenvalue weighted by Gasteiger charge is -2.10. The maximum absolute atomic E-state index is 12.3. The van der Waals surface area contributed by atoms with E-state index < -0.39 is 0 Å². The molecule has 2 rings (SSSR count). The standard InChI is InChI=1S/C13H20N6OS2/c1-6-14-12-16-17-13(22-12)21-9(4)11(20)15-10-7(2)18-19(5)8(10)3/h9H,6H2,1-5H3,(H,14,16)(H,15,20). The predicted octanol–water partition coefficient (Wildman–Crippen LogP) is 2.44. The number of rotatable bonds is 6. The van der Waals surface area contributed by atoms with Crippen LogP contribution in [-0.4, -0.2) is 37.7 Å². The first kappa shape index (κ1) is 16.8. The van der Waals surface area contributed by atoms with Gasteiger partial charge in [0.05, 0.1) is 22.3 Å². The molecule has 0 aromatic carbocycles. The predicted molar refractivity (Wildman–Crippen MR) is 90.7 cm³/mol. The van der Waals surface area contributed by atoms with Crippen molar-refractivity contribution in [2.45, 2.75) is 37.3 Å². The quantitative estimate of drug-likeness (QED) is 0.786. The Morgan fingerprint density at radius 3 is 2.73 bits per heavy atom. The summed E-state index contributed by atoms with van der Waals surface area (Å²) in [6.07, 6.45) is 0. The first-order chi connectivity index (χ1) is 10.4. The van der Waals surface area contributed by atoms with E-state index in [-0.39, 0.29) is 11.2 Å². The minimum absolute atomic E-state index is 0.0654. The summed E-state index contributed by atoms with van der Waals surface area (Å²) in [5.41, 5.74) is 2.54. The number of nitrogens with one attached hydrogen (secondary N) is 2. The van der Waals surface area contributed by atoms with Crippen LogP contribution in [0, 0.1) is 13.8 Å². The van der Waals surface area contributed by atoms with Crippen LogP contribution in [-0.2, 0) is 11.8 Å². The summed E-state index contributed by atoms with van der Waals surface area (Å²) in [6.45, 7) is 8.47. The number of carbonyl (C=O) groups is 1. The van der Waals surface area contributed by atoms with Gasteiger partial charge < -0.3 is 10.6 Å². The highest BCUT2D eigenvalue weighted by Crippen LogP contribution is 2.29. The van der Waals surface area contributed by atoms with Gasteiger partial charge in [0, 0.05) is 13.6 Å². The van der Waals surface area contributed by atoms with Crippen molar-refractivity contribution in [3.63, 3.8) is 0 Å². The van der Waals surface area contributed by atoms with Crippen LogP contribution in [0.3, 0.4) is 0 Å². The average Bonchev–Trinajstić information content (AvgIpc) is 2.99. The first-order valence-electron chi connectivity index (χ1n) is 6.97. The van der Waals surface area contributed by atoms with E-state index in [9.17, 15) is 4.79 Å². The highest BCUT2D eigenvalue weighted by molar-refractivity contribution is 8.02. The topological polar surface area (TPSA) is 84.7 Å². The maximum atomic E-state index is 12.3.